The summed E-state index contributed by atoms with van der Waals surface area (Å²) in [5, 5.41) is 0. The van der Waals surface area contributed by atoms with Crippen LogP contribution in [0.1, 0.15) is 33.6 Å². The van der Waals surface area contributed by atoms with Gasteiger partial charge in [0.2, 0.25) is 0 Å². The zero-order valence-corrected chi connectivity index (χ0v) is 8.58. The molecule has 3 nitrogen and oxygen atoms in total. The number of carbonyl (C=O) groups excluding carboxylic acids is 1. The topological polar surface area (TPSA) is 35.5 Å². The van der Waals surface area contributed by atoms with Crippen molar-refractivity contribution in [3.8, 4) is 0 Å². The highest BCUT2D eigenvalue weighted by Gasteiger charge is 2.30. The highest BCUT2D eigenvalue weighted by molar-refractivity contribution is 5.74. The minimum absolute atomic E-state index is 0.179. The Labute approximate surface area is 79.4 Å². The average molecular weight is 186 g/mol. The standard InChI is InChI=1S/C10H18O3/c1-4-12-10(11)9-6-7(2)5-8(3)13-9/h7-9H,4-6H2,1-3H3. The Morgan fingerprint density at radius 1 is 1.46 bits per heavy atom. The van der Waals surface area contributed by atoms with Gasteiger partial charge < -0.3 is 9.47 Å². The first-order valence-electron chi connectivity index (χ1n) is 4.95. The lowest BCUT2D eigenvalue weighted by Gasteiger charge is -2.30. The first-order valence-corrected chi connectivity index (χ1v) is 4.95. The summed E-state index contributed by atoms with van der Waals surface area (Å²) in [7, 11) is 0. The van der Waals surface area contributed by atoms with Crippen molar-refractivity contribution in [3.05, 3.63) is 0 Å². The Morgan fingerprint density at radius 2 is 2.15 bits per heavy atom. The van der Waals surface area contributed by atoms with E-state index in [1.165, 1.54) is 0 Å². The largest absolute Gasteiger partial charge is 0.464 e. The molecule has 0 N–H and O–H groups in total. The molecule has 3 unspecified atom stereocenters. The second-order valence-corrected chi connectivity index (χ2v) is 3.76. The van der Waals surface area contributed by atoms with Crippen LogP contribution >= 0.6 is 0 Å². The summed E-state index contributed by atoms with van der Waals surface area (Å²) in [6.07, 6.45) is 1.68. The van der Waals surface area contributed by atoms with Crippen LogP contribution in [0.2, 0.25) is 0 Å². The third-order valence-corrected chi connectivity index (χ3v) is 2.30. The third kappa shape index (κ3) is 2.99. The molecule has 0 amide bonds. The van der Waals surface area contributed by atoms with Crippen molar-refractivity contribution >= 4 is 5.97 Å². The maximum atomic E-state index is 11.3. The fourth-order valence-electron chi connectivity index (χ4n) is 1.81. The predicted octanol–water partition coefficient (Wildman–Crippen LogP) is 1.75. The highest BCUT2D eigenvalue weighted by atomic mass is 16.6. The van der Waals surface area contributed by atoms with Crippen LogP contribution in [0.5, 0.6) is 0 Å². The summed E-state index contributed by atoms with van der Waals surface area (Å²) in [5.41, 5.74) is 0. The summed E-state index contributed by atoms with van der Waals surface area (Å²) in [6.45, 7) is 6.39. The molecule has 0 bridgehead atoms. The second-order valence-electron chi connectivity index (χ2n) is 3.76. The molecule has 1 aliphatic heterocycles. The van der Waals surface area contributed by atoms with E-state index in [1.54, 1.807) is 0 Å². The first-order chi connectivity index (χ1) is 6.13. The maximum absolute atomic E-state index is 11.3. The fourth-order valence-corrected chi connectivity index (χ4v) is 1.81. The molecule has 1 fully saturated rings. The van der Waals surface area contributed by atoms with Gasteiger partial charge in [-0.1, -0.05) is 6.92 Å². The molecule has 0 aromatic carbocycles. The summed E-state index contributed by atoms with van der Waals surface area (Å²) in [6, 6.07) is 0. The van der Waals surface area contributed by atoms with Crippen LogP contribution < -0.4 is 0 Å². The molecule has 1 rings (SSSR count). The Morgan fingerprint density at radius 3 is 2.69 bits per heavy atom. The summed E-state index contributed by atoms with van der Waals surface area (Å²) < 4.78 is 10.4. The molecule has 1 saturated heterocycles. The zero-order chi connectivity index (χ0) is 9.84. The van der Waals surface area contributed by atoms with Gasteiger partial charge in [-0.3, -0.25) is 0 Å². The van der Waals surface area contributed by atoms with Crippen LogP contribution in [0.4, 0.5) is 0 Å². The van der Waals surface area contributed by atoms with E-state index < -0.39 is 0 Å². The molecule has 0 aromatic heterocycles. The number of hydrogen-bond acceptors (Lipinski definition) is 3. The van der Waals surface area contributed by atoms with Crippen molar-refractivity contribution in [2.75, 3.05) is 6.61 Å². The van der Waals surface area contributed by atoms with E-state index in [4.69, 9.17) is 9.47 Å². The van der Waals surface area contributed by atoms with E-state index >= 15 is 0 Å². The van der Waals surface area contributed by atoms with Gasteiger partial charge in [0.1, 0.15) is 0 Å². The van der Waals surface area contributed by atoms with Gasteiger partial charge in [-0.05, 0) is 32.6 Å². The van der Waals surface area contributed by atoms with Gasteiger partial charge in [0.25, 0.3) is 0 Å². The highest BCUT2D eigenvalue weighted by Crippen LogP contribution is 2.24. The van der Waals surface area contributed by atoms with Crippen molar-refractivity contribution in [2.45, 2.75) is 45.8 Å². The van der Waals surface area contributed by atoms with Gasteiger partial charge in [-0.25, -0.2) is 4.79 Å². The Hall–Kier alpha value is -0.570. The van der Waals surface area contributed by atoms with Gasteiger partial charge in [-0.15, -0.1) is 0 Å². The number of hydrogen-bond donors (Lipinski definition) is 0. The zero-order valence-electron chi connectivity index (χ0n) is 8.58. The number of esters is 1. The van der Waals surface area contributed by atoms with E-state index in [2.05, 4.69) is 6.92 Å². The van der Waals surface area contributed by atoms with Crippen LogP contribution in [-0.2, 0) is 14.3 Å². The number of ether oxygens (including phenoxy) is 2. The van der Waals surface area contributed by atoms with E-state index in [9.17, 15) is 4.79 Å². The fraction of sp³-hybridized carbons (Fsp3) is 0.900. The maximum Gasteiger partial charge on any atom is 0.335 e. The lowest BCUT2D eigenvalue weighted by atomic mass is 9.94. The summed E-state index contributed by atoms with van der Waals surface area (Å²) in [5.74, 6) is 0.346. The summed E-state index contributed by atoms with van der Waals surface area (Å²) in [4.78, 5) is 11.3. The molecule has 0 radical (unpaired) electrons. The molecular formula is C10H18O3. The number of rotatable bonds is 2. The monoisotopic (exact) mass is 186 g/mol. The molecule has 3 heteroatoms. The van der Waals surface area contributed by atoms with E-state index in [1.807, 2.05) is 13.8 Å². The van der Waals surface area contributed by atoms with Crippen LogP contribution in [0.3, 0.4) is 0 Å². The van der Waals surface area contributed by atoms with Crippen LogP contribution in [0.25, 0.3) is 0 Å². The first kappa shape index (κ1) is 10.5. The lowest BCUT2D eigenvalue weighted by Crippen LogP contribution is -2.36. The molecule has 13 heavy (non-hydrogen) atoms. The van der Waals surface area contributed by atoms with Gasteiger partial charge in [0.05, 0.1) is 12.7 Å². The smallest absolute Gasteiger partial charge is 0.335 e. The average Bonchev–Trinajstić information content (AvgIpc) is 2.03. The molecule has 0 aliphatic carbocycles. The summed E-state index contributed by atoms with van der Waals surface area (Å²) >= 11 is 0. The van der Waals surface area contributed by atoms with Crippen molar-refractivity contribution in [3.63, 3.8) is 0 Å². The Bertz CT molecular complexity index is 169. The van der Waals surface area contributed by atoms with E-state index in [0.29, 0.717) is 12.5 Å². The van der Waals surface area contributed by atoms with Crippen molar-refractivity contribution < 1.29 is 14.3 Å². The molecular weight excluding hydrogens is 168 g/mol. The molecule has 3 atom stereocenters. The van der Waals surface area contributed by atoms with Crippen LogP contribution in [0.15, 0.2) is 0 Å². The predicted molar refractivity (Wildman–Crippen MR) is 49.4 cm³/mol. The molecule has 1 aliphatic rings. The van der Waals surface area contributed by atoms with Gasteiger partial charge in [-0.2, -0.15) is 0 Å². The minimum atomic E-state index is -0.335. The van der Waals surface area contributed by atoms with Crippen LogP contribution in [-0.4, -0.2) is 24.8 Å². The Kier molecular flexibility index (Phi) is 3.72. The van der Waals surface area contributed by atoms with Gasteiger partial charge in [0.15, 0.2) is 6.10 Å². The van der Waals surface area contributed by atoms with Crippen molar-refractivity contribution in [1.29, 1.82) is 0 Å². The van der Waals surface area contributed by atoms with Crippen molar-refractivity contribution in [2.24, 2.45) is 5.92 Å². The second kappa shape index (κ2) is 4.61. The normalized spacial score (nSPS) is 34.2. The molecule has 0 spiro atoms. The number of carbonyl (C=O) groups is 1. The van der Waals surface area contributed by atoms with Crippen LogP contribution in [0, 0.1) is 5.92 Å². The van der Waals surface area contributed by atoms with E-state index in [0.717, 1.165) is 12.8 Å². The van der Waals surface area contributed by atoms with Gasteiger partial charge >= 0.3 is 5.97 Å². The lowest BCUT2D eigenvalue weighted by molar-refractivity contribution is -0.166. The van der Waals surface area contributed by atoms with E-state index in [-0.39, 0.29) is 18.2 Å². The molecule has 0 saturated carbocycles. The quantitative estimate of drug-likeness (QED) is 0.616. The molecule has 1 heterocycles. The minimum Gasteiger partial charge on any atom is -0.464 e. The SMILES string of the molecule is CCOC(=O)C1CC(C)CC(C)O1. The van der Waals surface area contributed by atoms with Gasteiger partial charge in [0, 0.05) is 0 Å². The third-order valence-electron chi connectivity index (χ3n) is 2.30. The molecule has 76 valence electrons. The Balaban J connectivity index is 2.45. The van der Waals surface area contributed by atoms with Crippen molar-refractivity contribution in [1.82, 2.24) is 0 Å². The molecule has 0 aromatic rings.